The van der Waals surface area contributed by atoms with E-state index in [1.807, 2.05) is 25.1 Å². The van der Waals surface area contributed by atoms with Crippen LogP contribution in [-0.4, -0.2) is 60.5 Å². The number of hydrogen-bond donors (Lipinski definition) is 1. The summed E-state index contributed by atoms with van der Waals surface area (Å²) in [5.41, 5.74) is 2.60. The van der Waals surface area contributed by atoms with Gasteiger partial charge in [-0.25, -0.2) is 0 Å². The van der Waals surface area contributed by atoms with Crippen LogP contribution in [0.3, 0.4) is 0 Å². The van der Waals surface area contributed by atoms with Gasteiger partial charge in [0.25, 0.3) is 5.91 Å². The van der Waals surface area contributed by atoms with E-state index in [1.54, 1.807) is 12.1 Å². The highest BCUT2D eigenvalue weighted by Gasteiger charge is 2.20. The number of hydrogen-bond acceptors (Lipinski definition) is 4. The lowest BCUT2D eigenvalue weighted by Crippen LogP contribution is -2.40. The summed E-state index contributed by atoms with van der Waals surface area (Å²) in [6.07, 6.45) is 0. The molecule has 2 rings (SSSR count). The fraction of sp³-hybridized carbons (Fsp3) is 0.467. The molecule has 114 valence electrons. The fourth-order valence-electron chi connectivity index (χ4n) is 2.22. The molecule has 21 heavy (non-hydrogen) atoms. The summed E-state index contributed by atoms with van der Waals surface area (Å²) in [7, 11) is 3.77. The number of benzene rings is 1. The Bertz CT molecular complexity index is 542. The second-order valence-electron chi connectivity index (χ2n) is 5.40. The van der Waals surface area contributed by atoms with Crippen LogP contribution < -0.4 is 0 Å². The van der Waals surface area contributed by atoms with Crippen LogP contribution in [0.5, 0.6) is 0 Å². The van der Waals surface area contributed by atoms with Crippen molar-refractivity contribution in [3.05, 3.63) is 34.9 Å². The van der Waals surface area contributed by atoms with E-state index in [2.05, 4.69) is 0 Å². The first-order chi connectivity index (χ1) is 9.97. The van der Waals surface area contributed by atoms with E-state index >= 15 is 0 Å². The Kier molecular flexibility index (Phi) is 4.93. The number of carboxylic acid groups (broad SMARTS) is 1. The predicted molar refractivity (Wildman–Crippen MR) is 77.0 cm³/mol. The van der Waals surface area contributed by atoms with Crippen LogP contribution in [-0.2, 0) is 22.7 Å². The van der Waals surface area contributed by atoms with Gasteiger partial charge in [0, 0.05) is 18.7 Å². The maximum absolute atomic E-state index is 12.5. The Hall–Kier alpha value is -1.92. The summed E-state index contributed by atoms with van der Waals surface area (Å²) in [5.74, 6) is -1.26. The highest BCUT2D eigenvalue weighted by Crippen LogP contribution is 2.21. The zero-order valence-corrected chi connectivity index (χ0v) is 12.3. The Morgan fingerprint density at radius 3 is 2.57 bits per heavy atom. The summed E-state index contributed by atoms with van der Waals surface area (Å²) in [6, 6.07) is 5.41. The van der Waals surface area contributed by atoms with Gasteiger partial charge in [0.2, 0.25) is 0 Å². The normalized spacial score (nSPS) is 13.3. The SMILES string of the molecule is CN(C)CCN(CC(=O)O)C(=O)c1ccc2c(c1)COC2. The standard InChI is InChI=1S/C15H20N2O4/c1-16(2)5-6-17(8-14(18)19)15(20)11-3-4-12-9-21-10-13(12)7-11/h3-4,7H,5-6,8-10H2,1-2H3,(H,18,19). The van der Waals surface area contributed by atoms with Gasteiger partial charge in [-0.15, -0.1) is 0 Å². The van der Waals surface area contributed by atoms with Gasteiger partial charge in [-0.2, -0.15) is 0 Å². The van der Waals surface area contributed by atoms with Gasteiger partial charge in [0.15, 0.2) is 0 Å². The van der Waals surface area contributed by atoms with Crippen LogP contribution in [0, 0.1) is 0 Å². The molecule has 1 aliphatic rings. The van der Waals surface area contributed by atoms with E-state index in [-0.39, 0.29) is 12.5 Å². The average molecular weight is 292 g/mol. The monoisotopic (exact) mass is 292 g/mol. The van der Waals surface area contributed by atoms with Crippen molar-refractivity contribution in [3.63, 3.8) is 0 Å². The molecule has 0 atom stereocenters. The number of ether oxygens (including phenoxy) is 1. The molecule has 1 aromatic rings. The molecule has 0 fully saturated rings. The zero-order chi connectivity index (χ0) is 15.4. The number of nitrogens with zero attached hydrogens (tertiary/aromatic N) is 2. The number of carbonyl (C=O) groups is 2. The highest BCUT2D eigenvalue weighted by molar-refractivity contribution is 5.96. The number of fused-ring (bicyclic) bond motifs is 1. The Balaban J connectivity index is 2.14. The van der Waals surface area contributed by atoms with Crippen molar-refractivity contribution in [1.82, 2.24) is 9.80 Å². The van der Waals surface area contributed by atoms with E-state index in [9.17, 15) is 9.59 Å². The quantitative estimate of drug-likeness (QED) is 0.840. The van der Waals surface area contributed by atoms with Gasteiger partial charge in [0.1, 0.15) is 6.54 Å². The number of carbonyl (C=O) groups excluding carboxylic acids is 1. The minimum Gasteiger partial charge on any atom is -0.480 e. The number of aliphatic carboxylic acids is 1. The molecule has 6 heteroatoms. The Morgan fingerprint density at radius 2 is 1.90 bits per heavy atom. The second-order valence-corrected chi connectivity index (χ2v) is 5.40. The first-order valence-corrected chi connectivity index (χ1v) is 6.82. The van der Waals surface area contributed by atoms with Crippen LogP contribution in [0.15, 0.2) is 18.2 Å². The molecule has 6 nitrogen and oxygen atoms in total. The molecule has 1 aromatic carbocycles. The summed E-state index contributed by atoms with van der Waals surface area (Å²) < 4.78 is 5.33. The summed E-state index contributed by atoms with van der Waals surface area (Å²) >= 11 is 0. The van der Waals surface area contributed by atoms with Crippen LogP contribution in [0.1, 0.15) is 21.5 Å². The molecule has 1 N–H and O–H groups in total. The van der Waals surface area contributed by atoms with Gasteiger partial charge < -0.3 is 19.6 Å². The van der Waals surface area contributed by atoms with E-state index in [0.29, 0.717) is 31.9 Å². The average Bonchev–Trinajstić information content (AvgIpc) is 2.89. The van der Waals surface area contributed by atoms with Crippen LogP contribution in [0.4, 0.5) is 0 Å². The van der Waals surface area contributed by atoms with Crippen molar-refractivity contribution in [2.24, 2.45) is 0 Å². The lowest BCUT2D eigenvalue weighted by Gasteiger charge is -2.23. The summed E-state index contributed by atoms with van der Waals surface area (Å²) in [4.78, 5) is 26.7. The third-order valence-electron chi connectivity index (χ3n) is 3.40. The van der Waals surface area contributed by atoms with E-state index in [0.717, 1.165) is 11.1 Å². The lowest BCUT2D eigenvalue weighted by atomic mass is 10.1. The van der Waals surface area contributed by atoms with Gasteiger partial charge in [-0.1, -0.05) is 6.07 Å². The van der Waals surface area contributed by atoms with Gasteiger partial charge in [-0.3, -0.25) is 9.59 Å². The number of likely N-dealkylation sites (N-methyl/N-ethyl adjacent to an activating group) is 1. The molecule has 0 spiro atoms. The Morgan fingerprint density at radius 1 is 1.19 bits per heavy atom. The molecule has 0 radical (unpaired) electrons. The molecule has 1 aliphatic heterocycles. The fourth-order valence-corrected chi connectivity index (χ4v) is 2.22. The molecule has 0 unspecified atom stereocenters. The summed E-state index contributed by atoms with van der Waals surface area (Å²) in [6.45, 7) is 1.79. The molecule has 0 aliphatic carbocycles. The predicted octanol–water partition coefficient (Wildman–Crippen LogP) is 0.805. The van der Waals surface area contributed by atoms with Crippen LogP contribution in [0.25, 0.3) is 0 Å². The molecule has 1 amide bonds. The molecule has 0 saturated carbocycles. The first kappa shape index (κ1) is 15.5. The maximum Gasteiger partial charge on any atom is 0.323 e. The van der Waals surface area contributed by atoms with Crippen molar-refractivity contribution >= 4 is 11.9 Å². The third-order valence-corrected chi connectivity index (χ3v) is 3.40. The summed E-state index contributed by atoms with van der Waals surface area (Å²) in [5, 5.41) is 8.97. The van der Waals surface area contributed by atoms with Crippen LogP contribution >= 0.6 is 0 Å². The third kappa shape index (κ3) is 4.03. The molecule has 0 aromatic heterocycles. The highest BCUT2D eigenvalue weighted by atomic mass is 16.5. The van der Waals surface area contributed by atoms with Crippen molar-refractivity contribution < 1.29 is 19.4 Å². The smallest absolute Gasteiger partial charge is 0.323 e. The minimum absolute atomic E-state index is 0.256. The molecule has 1 heterocycles. The molecule has 0 bridgehead atoms. The topological polar surface area (TPSA) is 70.1 Å². The number of carboxylic acids is 1. The largest absolute Gasteiger partial charge is 0.480 e. The number of amides is 1. The lowest BCUT2D eigenvalue weighted by molar-refractivity contribution is -0.137. The van der Waals surface area contributed by atoms with E-state index in [1.165, 1.54) is 4.90 Å². The molecular formula is C15H20N2O4. The van der Waals surface area contributed by atoms with Crippen LogP contribution in [0.2, 0.25) is 0 Å². The van der Waals surface area contributed by atoms with E-state index < -0.39 is 5.97 Å². The molecular weight excluding hydrogens is 272 g/mol. The number of rotatable bonds is 6. The Labute approximate surface area is 123 Å². The minimum atomic E-state index is -1.01. The van der Waals surface area contributed by atoms with Gasteiger partial charge >= 0.3 is 5.97 Å². The van der Waals surface area contributed by atoms with Crippen molar-refractivity contribution in [2.45, 2.75) is 13.2 Å². The second kappa shape index (κ2) is 6.69. The molecule has 0 saturated heterocycles. The van der Waals surface area contributed by atoms with E-state index in [4.69, 9.17) is 9.84 Å². The van der Waals surface area contributed by atoms with Gasteiger partial charge in [0.05, 0.1) is 13.2 Å². The van der Waals surface area contributed by atoms with Crippen molar-refractivity contribution in [1.29, 1.82) is 0 Å². The first-order valence-electron chi connectivity index (χ1n) is 6.82. The zero-order valence-electron chi connectivity index (χ0n) is 12.3. The van der Waals surface area contributed by atoms with Crippen molar-refractivity contribution in [2.75, 3.05) is 33.7 Å². The maximum atomic E-state index is 12.5. The van der Waals surface area contributed by atoms with Crippen molar-refractivity contribution in [3.8, 4) is 0 Å². The van der Waals surface area contributed by atoms with Gasteiger partial charge in [-0.05, 0) is 37.4 Å².